The lowest BCUT2D eigenvalue weighted by Crippen LogP contribution is -2.38. The molecule has 138 valence electrons. The third-order valence-electron chi connectivity index (χ3n) is 4.29. The Morgan fingerprint density at radius 1 is 1.29 bits per heavy atom. The first-order valence-corrected chi connectivity index (χ1v) is 9.61. The van der Waals surface area contributed by atoms with Crippen molar-refractivity contribution in [1.29, 1.82) is 5.26 Å². The van der Waals surface area contributed by atoms with Crippen LogP contribution in [0, 0.1) is 11.3 Å². The van der Waals surface area contributed by atoms with Gasteiger partial charge in [0.1, 0.15) is 16.7 Å². The molecule has 0 aromatic heterocycles. The summed E-state index contributed by atoms with van der Waals surface area (Å²) in [5, 5.41) is 11.5. The maximum atomic E-state index is 13.0. The number of hydrogen-bond donors (Lipinski definition) is 1. The van der Waals surface area contributed by atoms with E-state index >= 15 is 0 Å². The number of amides is 2. The van der Waals surface area contributed by atoms with Gasteiger partial charge in [0.05, 0.1) is 28.8 Å². The summed E-state index contributed by atoms with van der Waals surface area (Å²) in [6.45, 7) is 0.799. The number of carbonyl (C=O) groups excluding carboxylic acids is 2. The molecule has 1 N–H and O–H groups in total. The maximum Gasteiger partial charge on any atom is 0.263 e. The Hall–Kier alpha value is -3.15. The molecule has 2 aliphatic rings. The summed E-state index contributed by atoms with van der Waals surface area (Å²) in [5.74, 6) is 0.205. The number of hydrogen-bond acceptors (Lipinski definition) is 6. The van der Waals surface area contributed by atoms with Gasteiger partial charge in [-0.25, -0.2) is 0 Å². The van der Waals surface area contributed by atoms with Crippen molar-refractivity contribution in [3.05, 3.63) is 64.1 Å². The molecule has 0 spiro atoms. The summed E-state index contributed by atoms with van der Waals surface area (Å²) in [6, 6.07) is 14.0. The Morgan fingerprint density at radius 3 is 2.75 bits per heavy atom. The molecule has 1 fully saturated rings. The van der Waals surface area contributed by atoms with Gasteiger partial charge in [0, 0.05) is 5.56 Å². The van der Waals surface area contributed by atoms with Gasteiger partial charge in [0.15, 0.2) is 0 Å². The number of nitriles is 1. The van der Waals surface area contributed by atoms with Crippen molar-refractivity contribution in [2.24, 2.45) is 0 Å². The van der Waals surface area contributed by atoms with Gasteiger partial charge < -0.3 is 15.0 Å². The van der Waals surface area contributed by atoms with Crippen LogP contribution in [-0.2, 0) is 4.79 Å². The number of fused-ring (bicyclic) bond motifs is 1. The fraction of sp³-hybridized carbons (Fsp3) is 0.100. The Labute approximate surface area is 170 Å². The number of nitrogens with zero attached hydrogens (tertiary/aromatic N) is 2. The van der Waals surface area contributed by atoms with Crippen molar-refractivity contribution in [2.45, 2.75) is 0 Å². The fourth-order valence-electron chi connectivity index (χ4n) is 2.95. The Bertz CT molecular complexity index is 1070. The number of carbonyl (C=O) groups is 2. The molecule has 8 heteroatoms. The highest BCUT2D eigenvalue weighted by atomic mass is 32.2. The number of benzene rings is 2. The minimum absolute atomic E-state index is 0.173. The van der Waals surface area contributed by atoms with Crippen LogP contribution in [0.5, 0.6) is 5.75 Å². The number of anilines is 1. The molecule has 0 radical (unpaired) electrons. The third-order valence-corrected chi connectivity index (χ3v) is 5.45. The van der Waals surface area contributed by atoms with Crippen molar-refractivity contribution < 1.29 is 14.3 Å². The van der Waals surface area contributed by atoms with Gasteiger partial charge in [-0.15, -0.1) is 0 Å². The second-order valence-electron chi connectivity index (χ2n) is 6.07. The average molecular weight is 407 g/mol. The van der Waals surface area contributed by atoms with Gasteiger partial charge in [-0.1, -0.05) is 30.0 Å². The first-order valence-electron chi connectivity index (χ1n) is 8.39. The van der Waals surface area contributed by atoms with Crippen LogP contribution >= 0.6 is 24.0 Å². The molecule has 1 saturated heterocycles. The van der Waals surface area contributed by atoms with E-state index in [1.54, 1.807) is 41.3 Å². The molecular weight excluding hydrogens is 394 g/mol. The van der Waals surface area contributed by atoms with Crippen molar-refractivity contribution in [1.82, 2.24) is 5.32 Å². The van der Waals surface area contributed by atoms with Crippen LogP contribution < -0.4 is 15.0 Å². The van der Waals surface area contributed by atoms with Crippen LogP contribution in [-0.4, -0.2) is 29.3 Å². The lowest BCUT2D eigenvalue weighted by Gasteiger charge is -2.30. The zero-order valence-corrected chi connectivity index (χ0v) is 16.1. The van der Waals surface area contributed by atoms with Gasteiger partial charge >= 0.3 is 0 Å². The van der Waals surface area contributed by atoms with Gasteiger partial charge in [-0.3, -0.25) is 9.59 Å². The first-order chi connectivity index (χ1) is 13.5. The van der Waals surface area contributed by atoms with E-state index in [1.807, 2.05) is 18.2 Å². The molecule has 0 saturated carbocycles. The molecule has 0 bridgehead atoms. The van der Waals surface area contributed by atoms with E-state index in [2.05, 4.69) is 5.32 Å². The molecular formula is C20H13N3O3S2. The molecule has 2 amide bonds. The van der Waals surface area contributed by atoms with E-state index in [0.29, 0.717) is 44.9 Å². The maximum absolute atomic E-state index is 13.0. The quantitative estimate of drug-likeness (QED) is 0.609. The van der Waals surface area contributed by atoms with Crippen molar-refractivity contribution in [3.63, 3.8) is 0 Å². The molecule has 2 heterocycles. The van der Waals surface area contributed by atoms with Crippen LogP contribution in [0.25, 0.3) is 6.08 Å². The molecule has 28 heavy (non-hydrogen) atoms. The first kappa shape index (κ1) is 18.2. The van der Waals surface area contributed by atoms with Gasteiger partial charge in [-0.05, 0) is 48.0 Å². The van der Waals surface area contributed by atoms with Crippen LogP contribution in [0.1, 0.15) is 21.5 Å². The van der Waals surface area contributed by atoms with E-state index in [4.69, 9.17) is 22.2 Å². The second kappa shape index (κ2) is 7.46. The smallest absolute Gasteiger partial charge is 0.263 e. The van der Waals surface area contributed by atoms with Crippen LogP contribution in [0.2, 0.25) is 0 Å². The zero-order chi connectivity index (χ0) is 19.7. The monoisotopic (exact) mass is 407 g/mol. The van der Waals surface area contributed by atoms with Crippen molar-refractivity contribution in [2.75, 3.05) is 18.1 Å². The molecule has 0 aliphatic carbocycles. The highest BCUT2D eigenvalue weighted by molar-refractivity contribution is 8.26. The summed E-state index contributed by atoms with van der Waals surface area (Å²) in [6.07, 6.45) is 1.73. The Kier molecular flexibility index (Phi) is 4.86. The summed E-state index contributed by atoms with van der Waals surface area (Å²) < 4.78 is 6.10. The molecule has 0 unspecified atom stereocenters. The number of nitrogens with one attached hydrogen (secondary N) is 1. The fourth-order valence-corrected chi connectivity index (χ4v) is 4.00. The molecule has 2 aromatic carbocycles. The summed E-state index contributed by atoms with van der Waals surface area (Å²) in [7, 11) is 0. The number of ether oxygens (including phenoxy) is 1. The van der Waals surface area contributed by atoms with Crippen LogP contribution in [0.3, 0.4) is 0 Å². The van der Waals surface area contributed by atoms with Crippen molar-refractivity contribution >= 4 is 51.9 Å². The van der Waals surface area contributed by atoms with E-state index in [-0.39, 0.29) is 11.8 Å². The van der Waals surface area contributed by atoms with Crippen LogP contribution in [0.4, 0.5) is 5.69 Å². The lowest BCUT2D eigenvalue weighted by atomic mass is 10.1. The summed E-state index contributed by atoms with van der Waals surface area (Å²) in [5.41, 5.74) is 2.40. The minimum Gasteiger partial charge on any atom is -0.490 e. The highest BCUT2D eigenvalue weighted by Gasteiger charge is 2.26. The van der Waals surface area contributed by atoms with Crippen LogP contribution in [0.15, 0.2) is 47.4 Å². The van der Waals surface area contributed by atoms with E-state index in [0.717, 1.165) is 5.56 Å². The average Bonchev–Trinajstić information content (AvgIpc) is 3.03. The molecule has 0 atom stereocenters. The van der Waals surface area contributed by atoms with E-state index in [1.165, 1.54) is 11.8 Å². The van der Waals surface area contributed by atoms with E-state index in [9.17, 15) is 9.59 Å². The Balaban J connectivity index is 1.67. The van der Waals surface area contributed by atoms with Gasteiger partial charge in [0.2, 0.25) is 0 Å². The van der Waals surface area contributed by atoms with E-state index < -0.39 is 0 Å². The molecule has 2 aliphatic heterocycles. The predicted octanol–water partition coefficient (Wildman–Crippen LogP) is 3.09. The molecule has 6 nitrogen and oxygen atoms in total. The number of thioether (sulfide) groups is 1. The zero-order valence-electron chi connectivity index (χ0n) is 14.5. The largest absolute Gasteiger partial charge is 0.490 e. The summed E-state index contributed by atoms with van der Waals surface area (Å²) in [4.78, 5) is 27.0. The second-order valence-corrected chi connectivity index (χ2v) is 7.79. The molecule has 4 rings (SSSR count). The van der Waals surface area contributed by atoms with Gasteiger partial charge in [0.25, 0.3) is 11.8 Å². The Morgan fingerprint density at radius 2 is 2.07 bits per heavy atom. The predicted molar refractivity (Wildman–Crippen MR) is 111 cm³/mol. The third kappa shape index (κ3) is 3.50. The topological polar surface area (TPSA) is 82.4 Å². The number of thiocarbonyl (C=S) groups is 1. The number of rotatable bonds is 2. The SMILES string of the molecule is N#Cc1ccc(C(=O)N2CCOc3ccc(/C=C4/SC(=S)NC4=O)cc32)cc1. The normalized spacial score (nSPS) is 17.0. The van der Waals surface area contributed by atoms with Crippen molar-refractivity contribution in [3.8, 4) is 11.8 Å². The minimum atomic E-state index is -0.227. The standard InChI is InChI=1S/C20H13N3O3S2/c21-11-12-1-4-14(5-2-12)19(25)23-7-8-26-16-6-3-13(9-15(16)23)10-17-18(24)22-20(27)28-17/h1-6,9-10H,7-8H2,(H,22,24,27)/b17-10+. The van der Waals surface area contributed by atoms with Gasteiger partial charge in [-0.2, -0.15) is 5.26 Å². The highest BCUT2D eigenvalue weighted by Crippen LogP contribution is 2.35. The summed E-state index contributed by atoms with van der Waals surface area (Å²) >= 11 is 6.22. The molecule has 2 aromatic rings. The lowest BCUT2D eigenvalue weighted by molar-refractivity contribution is -0.115.